The Balaban J connectivity index is 4.35. The third kappa shape index (κ3) is 50.4. The molecule has 64 heavy (non-hydrogen) atoms. The van der Waals surface area contributed by atoms with E-state index in [1.54, 1.807) is 0 Å². The quantitative estimate of drug-likeness (QED) is 0.0262. The number of ether oxygens (including phenoxy) is 3. The normalized spacial score (nSPS) is 12.4. The summed E-state index contributed by atoms with van der Waals surface area (Å²) in [6.45, 7) is 6.58. The second kappa shape index (κ2) is 53.0. The molecule has 0 amide bonds. The van der Waals surface area contributed by atoms with E-state index in [0.717, 1.165) is 89.9 Å². The molecule has 0 radical (unpaired) electrons. The van der Waals surface area contributed by atoms with Gasteiger partial charge in [-0.3, -0.25) is 14.4 Å². The van der Waals surface area contributed by atoms with Crippen molar-refractivity contribution in [1.82, 2.24) is 0 Å². The fraction of sp³-hybridized carbons (Fsp3) is 0.810. The lowest BCUT2D eigenvalue weighted by molar-refractivity contribution is -0.167. The third-order valence-corrected chi connectivity index (χ3v) is 12.1. The van der Waals surface area contributed by atoms with Crippen LogP contribution in [0.4, 0.5) is 0 Å². The fourth-order valence-corrected chi connectivity index (χ4v) is 7.84. The number of esters is 3. The molecule has 0 aromatic carbocycles. The van der Waals surface area contributed by atoms with Crippen LogP contribution in [0.3, 0.4) is 0 Å². The van der Waals surface area contributed by atoms with E-state index >= 15 is 0 Å². The van der Waals surface area contributed by atoms with Crippen LogP contribution in [-0.2, 0) is 28.6 Å². The number of rotatable bonds is 50. The zero-order valence-corrected chi connectivity index (χ0v) is 42.6. The first-order valence-electron chi connectivity index (χ1n) is 27.6. The molecule has 0 aliphatic heterocycles. The molecule has 0 N–H and O–H groups in total. The molecule has 0 rings (SSSR count). The van der Waals surface area contributed by atoms with Crippen molar-refractivity contribution < 1.29 is 28.6 Å². The van der Waals surface area contributed by atoms with E-state index in [9.17, 15) is 14.4 Å². The van der Waals surface area contributed by atoms with Crippen LogP contribution in [0.5, 0.6) is 0 Å². The van der Waals surface area contributed by atoms with Crippen molar-refractivity contribution in [2.45, 2.75) is 290 Å². The molecule has 0 aromatic rings. The summed E-state index contributed by atoms with van der Waals surface area (Å²) in [5.41, 5.74) is 0. The molecule has 1 atom stereocenters. The van der Waals surface area contributed by atoms with E-state index in [1.165, 1.54) is 154 Å². The average molecular weight is 897 g/mol. The van der Waals surface area contributed by atoms with E-state index in [-0.39, 0.29) is 31.1 Å². The highest BCUT2D eigenvalue weighted by Crippen LogP contribution is 2.16. The van der Waals surface area contributed by atoms with E-state index < -0.39 is 6.10 Å². The smallest absolute Gasteiger partial charge is 0.306 e. The van der Waals surface area contributed by atoms with Gasteiger partial charge in [0.1, 0.15) is 13.2 Å². The molecule has 6 heteroatoms. The maximum Gasteiger partial charge on any atom is 0.306 e. The molecule has 0 saturated heterocycles. The lowest BCUT2D eigenvalue weighted by Crippen LogP contribution is -2.30. The summed E-state index contributed by atoms with van der Waals surface area (Å²) in [5, 5.41) is 0. The van der Waals surface area contributed by atoms with Crippen molar-refractivity contribution >= 4 is 17.9 Å². The van der Waals surface area contributed by atoms with Gasteiger partial charge in [-0.15, -0.1) is 0 Å². The predicted octanol–water partition coefficient (Wildman–Crippen LogP) is 18.3. The molecule has 0 aromatic heterocycles. The Morgan fingerprint density at radius 3 is 0.938 bits per heavy atom. The maximum absolute atomic E-state index is 12.8. The third-order valence-electron chi connectivity index (χ3n) is 12.1. The van der Waals surface area contributed by atoms with E-state index in [1.807, 2.05) is 0 Å². The van der Waals surface area contributed by atoms with Crippen LogP contribution in [0, 0.1) is 0 Å². The van der Waals surface area contributed by atoms with Crippen molar-refractivity contribution in [2.24, 2.45) is 0 Å². The first kappa shape index (κ1) is 61.4. The molecule has 6 nitrogen and oxygen atoms in total. The molecule has 372 valence electrons. The zero-order valence-electron chi connectivity index (χ0n) is 42.6. The van der Waals surface area contributed by atoms with Crippen LogP contribution in [0.15, 0.2) is 48.6 Å². The lowest BCUT2D eigenvalue weighted by atomic mass is 10.0. The maximum atomic E-state index is 12.8. The van der Waals surface area contributed by atoms with Crippen LogP contribution in [0.1, 0.15) is 284 Å². The van der Waals surface area contributed by atoms with Crippen molar-refractivity contribution in [1.29, 1.82) is 0 Å². The van der Waals surface area contributed by atoms with E-state index in [4.69, 9.17) is 14.2 Å². The Morgan fingerprint density at radius 1 is 0.312 bits per heavy atom. The lowest BCUT2D eigenvalue weighted by Gasteiger charge is -2.18. The highest BCUT2D eigenvalue weighted by molar-refractivity contribution is 5.71. The van der Waals surface area contributed by atoms with Crippen molar-refractivity contribution in [3.63, 3.8) is 0 Å². The predicted molar refractivity (Wildman–Crippen MR) is 275 cm³/mol. The minimum atomic E-state index is -0.779. The van der Waals surface area contributed by atoms with Gasteiger partial charge in [-0.05, 0) is 77.0 Å². The van der Waals surface area contributed by atoms with Crippen LogP contribution in [-0.4, -0.2) is 37.2 Å². The highest BCUT2D eigenvalue weighted by atomic mass is 16.6. The summed E-state index contributed by atoms with van der Waals surface area (Å²) in [7, 11) is 0. The average Bonchev–Trinajstić information content (AvgIpc) is 3.29. The molecule has 0 saturated carbocycles. The summed E-state index contributed by atoms with van der Waals surface area (Å²) in [6, 6.07) is 0. The first-order chi connectivity index (χ1) is 31.5. The van der Waals surface area contributed by atoms with Gasteiger partial charge in [-0.2, -0.15) is 0 Å². The minimum absolute atomic E-state index is 0.0775. The number of carbonyl (C=O) groups excluding carboxylic acids is 3. The summed E-state index contributed by atoms with van der Waals surface area (Å²) >= 11 is 0. The second-order valence-corrected chi connectivity index (χ2v) is 18.5. The van der Waals surface area contributed by atoms with Crippen molar-refractivity contribution in [2.75, 3.05) is 13.2 Å². The Hall–Kier alpha value is -2.63. The molecule has 0 fully saturated rings. The zero-order chi connectivity index (χ0) is 46.5. The van der Waals surface area contributed by atoms with Crippen LogP contribution in [0.25, 0.3) is 0 Å². The van der Waals surface area contributed by atoms with Crippen LogP contribution < -0.4 is 0 Å². The first-order valence-corrected chi connectivity index (χ1v) is 27.6. The molecular weight excluding hydrogens is 793 g/mol. The summed E-state index contributed by atoms with van der Waals surface area (Å²) in [4.78, 5) is 38.1. The fourth-order valence-electron chi connectivity index (χ4n) is 7.84. The van der Waals surface area contributed by atoms with Gasteiger partial charge in [0.05, 0.1) is 0 Å². The van der Waals surface area contributed by atoms with Gasteiger partial charge >= 0.3 is 17.9 Å². The van der Waals surface area contributed by atoms with Gasteiger partial charge < -0.3 is 14.2 Å². The molecule has 0 bridgehead atoms. The molecule has 0 heterocycles. The van der Waals surface area contributed by atoms with E-state index in [0.29, 0.717) is 19.3 Å². The van der Waals surface area contributed by atoms with Gasteiger partial charge in [0.25, 0.3) is 0 Å². The van der Waals surface area contributed by atoms with Gasteiger partial charge in [-0.25, -0.2) is 0 Å². The number of carbonyl (C=O) groups is 3. The van der Waals surface area contributed by atoms with Gasteiger partial charge in [-0.1, -0.05) is 236 Å². The topological polar surface area (TPSA) is 78.9 Å². The largest absolute Gasteiger partial charge is 0.462 e. The number of hydrogen-bond donors (Lipinski definition) is 0. The van der Waals surface area contributed by atoms with Crippen molar-refractivity contribution in [3.05, 3.63) is 48.6 Å². The molecule has 1 unspecified atom stereocenters. The van der Waals surface area contributed by atoms with Gasteiger partial charge in [0.2, 0.25) is 0 Å². The van der Waals surface area contributed by atoms with Crippen LogP contribution >= 0.6 is 0 Å². The number of allylic oxidation sites excluding steroid dienone is 8. The van der Waals surface area contributed by atoms with Crippen LogP contribution in [0.2, 0.25) is 0 Å². The Labute approximate surface area is 397 Å². The molecular formula is C58H104O6. The Bertz CT molecular complexity index is 1120. The number of hydrogen-bond acceptors (Lipinski definition) is 6. The molecule has 0 aliphatic rings. The number of unbranched alkanes of at least 4 members (excludes halogenated alkanes) is 31. The van der Waals surface area contributed by atoms with E-state index in [2.05, 4.69) is 69.4 Å². The monoisotopic (exact) mass is 897 g/mol. The SMILES string of the molecule is CCCC/C=C\C/C=C\CCCCCCCC(=O)OC(COC(=O)CCCCCCCCCCC/C=C\C/C=C\CCCCC)COC(=O)CCCCCCCCCCCCCCC. The summed E-state index contributed by atoms with van der Waals surface area (Å²) in [6.07, 6.45) is 63.8. The Morgan fingerprint density at radius 2 is 0.578 bits per heavy atom. The second-order valence-electron chi connectivity index (χ2n) is 18.5. The molecule has 0 aliphatic carbocycles. The Kier molecular flexibility index (Phi) is 50.8. The highest BCUT2D eigenvalue weighted by Gasteiger charge is 2.19. The van der Waals surface area contributed by atoms with Gasteiger partial charge in [0.15, 0.2) is 6.10 Å². The summed E-state index contributed by atoms with van der Waals surface area (Å²) < 4.78 is 16.8. The van der Waals surface area contributed by atoms with Gasteiger partial charge in [0, 0.05) is 19.3 Å². The minimum Gasteiger partial charge on any atom is -0.462 e. The standard InChI is InChI=1S/C58H104O6/c1-4-7-10-13-16-19-22-25-27-28-29-30-31-34-36-39-42-45-48-51-57(60)63-54-55(53-62-56(59)50-47-44-41-38-35-32-24-21-18-15-12-9-6-3)64-58(61)52-49-46-43-40-37-33-26-23-20-17-14-11-8-5-2/h14,16-17,19,23,25-27,55H,4-13,15,18,20-22,24,28-54H2,1-3H3/b17-14-,19-16-,26-23-,27-25-. The molecule has 0 spiro atoms. The van der Waals surface area contributed by atoms with Crippen molar-refractivity contribution in [3.8, 4) is 0 Å². The summed E-state index contributed by atoms with van der Waals surface area (Å²) in [5.74, 6) is -0.885.